The van der Waals surface area contributed by atoms with E-state index in [2.05, 4.69) is 4.90 Å². The summed E-state index contributed by atoms with van der Waals surface area (Å²) in [6.45, 7) is 1.94. The van der Waals surface area contributed by atoms with Crippen molar-refractivity contribution >= 4 is 0 Å². The van der Waals surface area contributed by atoms with Gasteiger partial charge in [0.05, 0.1) is 0 Å². The minimum atomic E-state index is -0.392. The first kappa shape index (κ1) is 10.5. The lowest BCUT2D eigenvalue weighted by Gasteiger charge is -2.40. The van der Waals surface area contributed by atoms with Gasteiger partial charge in [-0.3, -0.25) is 4.90 Å². The minimum Gasteiger partial charge on any atom is -0.329 e. The monoisotopic (exact) mass is 212 g/mol. The summed E-state index contributed by atoms with van der Waals surface area (Å²) < 4.78 is 26.2. The number of benzene rings is 1. The molecule has 1 atom stereocenters. The van der Waals surface area contributed by atoms with E-state index in [-0.39, 0.29) is 5.82 Å². The van der Waals surface area contributed by atoms with Crippen molar-refractivity contribution in [3.05, 3.63) is 35.4 Å². The van der Waals surface area contributed by atoms with Crippen molar-refractivity contribution in [2.45, 2.75) is 19.0 Å². The average molecular weight is 212 g/mol. The van der Waals surface area contributed by atoms with Gasteiger partial charge in [-0.1, -0.05) is 0 Å². The van der Waals surface area contributed by atoms with Gasteiger partial charge in [-0.2, -0.15) is 0 Å². The Morgan fingerprint density at radius 1 is 1.40 bits per heavy atom. The molecule has 2 rings (SSSR count). The molecule has 1 aliphatic rings. The summed E-state index contributed by atoms with van der Waals surface area (Å²) in [4.78, 5) is 2.07. The lowest BCUT2D eigenvalue weighted by Crippen LogP contribution is -2.51. The quantitative estimate of drug-likeness (QED) is 0.822. The van der Waals surface area contributed by atoms with Crippen molar-refractivity contribution in [1.82, 2.24) is 4.90 Å². The summed E-state index contributed by atoms with van der Waals surface area (Å²) in [6.07, 6.45) is 1.05. The van der Waals surface area contributed by atoms with Crippen LogP contribution in [0.4, 0.5) is 8.78 Å². The highest BCUT2D eigenvalue weighted by atomic mass is 19.1. The highest BCUT2D eigenvalue weighted by Crippen LogP contribution is 2.21. The molecule has 15 heavy (non-hydrogen) atoms. The van der Waals surface area contributed by atoms with Gasteiger partial charge in [-0.25, -0.2) is 8.78 Å². The van der Waals surface area contributed by atoms with Crippen molar-refractivity contribution in [3.63, 3.8) is 0 Å². The first-order valence-electron chi connectivity index (χ1n) is 5.08. The molecule has 82 valence electrons. The van der Waals surface area contributed by atoms with Crippen LogP contribution in [0.5, 0.6) is 0 Å². The fourth-order valence-corrected chi connectivity index (χ4v) is 1.85. The maximum absolute atomic E-state index is 13.3. The summed E-state index contributed by atoms with van der Waals surface area (Å²) >= 11 is 0. The van der Waals surface area contributed by atoms with E-state index in [9.17, 15) is 8.78 Å². The van der Waals surface area contributed by atoms with Crippen molar-refractivity contribution in [3.8, 4) is 0 Å². The Bertz CT molecular complexity index is 352. The highest BCUT2D eigenvalue weighted by Gasteiger charge is 2.26. The largest absolute Gasteiger partial charge is 0.329 e. The van der Waals surface area contributed by atoms with Crippen LogP contribution in [0.1, 0.15) is 12.0 Å². The van der Waals surface area contributed by atoms with E-state index in [0.717, 1.165) is 19.0 Å². The summed E-state index contributed by atoms with van der Waals surface area (Å²) in [5.41, 5.74) is 5.95. The molecule has 1 fully saturated rings. The molecule has 1 heterocycles. The number of nitrogens with zero attached hydrogens (tertiary/aromatic N) is 1. The lowest BCUT2D eigenvalue weighted by molar-refractivity contribution is 0.0867. The third kappa shape index (κ3) is 2.16. The van der Waals surface area contributed by atoms with Crippen molar-refractivity contribution in [1.29, 1.82) is 0 Å². The third-order valence-corrected chi connectivity index (χ3v) is 2.92. The molecule has 4 heteroatoms. The van der Waals surface area contributed by atoms with Gasteiger partial charge in [0.1, 0.15) is 11.6 Å². The maximum atomic E-state index is 13.3. The Balaban J connectivity index is 2.07. The van der Waals surface area contributed by atoms with Crippen molar-refractivity contribution in [2.24, 2.45) is 5.73 Å². The second kappa shape index (κ2) is 4.24. The molecule has 0 spiro atoms. The van der Waals surface area contributed by atoms with Gasteiger partial charge in [-0.05, 0) is 24.6 Å². The zero-order chi connectivity index (χ0) is 10.8. The number of hydrogen-bond acceptors (Lipinski definition) is 2. The minimum absolute atomic E-state index is 0.327. The van der Waals surface area contributed by atoms with Gasteiger partial charge < -0.3 is 5.73 Å². The van der Waals surface area contributed by atoms with Crippen molar-refractivity contribution < 1.29 is 8.78 Å². The molecule has 1 unspecified atom stereocenters. The Morgan fingerprint density at radius 2 is 2.20 bits per heavy atom. The maximum Gasteiger partial charge on any atom is 0.127 e. The van der Waals surface area contributed by atoms with E-state index >= 15 is 0 Å². The third-order valence-electron chi connectivity index (χ3n) is 2.92. The molecule has 1 aromatic carbocycles. The highest BCUT2D eigenvalue weighted by molar-refractivity contribution is 5.19. The van der Waals surface area contributed by atoms with E-state index in [4.69, 9.17) is 5.73 Å². The second-order valence-corrected chi connectivity index (χ2v) is 3.88. The van der Waals surface area contributed by atoms with Crippen LogP contribution >= 0.6 is 0 Å². The van der Waals surface area contributed by atoms with Gasteiger partial charge in [0.15, 0.2) is 0 Å². The van der Waals surface area contributed by atoms with Crippen LogP contribution in [0.3, 0.4) is 0 Å². The fourth-order valence-electron chi connectivity index (χ4n) is 1.85. The molecule has 0 saturated carbocycles. The first-order valence-corrected chi connectivity index (χ1v) is 5.08. The van der Waals surface area contributed by atoms with E-state index in [0.29, 0.717) is 24.7 Å². The second-order valence-electron chi connectivity index (χ2n) is 3.88. The van der Waals surface area contributed by atoms with Crippen LogP contribution in [-0.4, -0.2) is 24.0 Å². The standard InChI is InChI=1S/C11H14F2N2/c12-9-1-2-11(13)8(5-9)7-15-4-3-10(15)6-14/h1-2,5,10H,3-4,6-7,14H2. The normalized spacial score (nSPS) is 21.4. The predicted molar refractivity (Wildman–Crippen MR) is 54.2 cm³/mol. The van der Waals surface area contributed by atoms with Crippen LogP contribution in [0.25, 0.3) is 0 Å². The van der Waals surface area contributed by atoms with Crippen LogP contribution in [0.15, 0.2) is 18.2 Å². The molecule has 0 bridgehead atoms. The predicted octanol–water partition coefficient (Wildman–Crippen LogP) is 1.50. The Labute approximate surface area is 87.7 Å². The van der Waals surface area contributed by atoms with Crippen LogP contribution in [0.2, 0.25) is 0 Å². The molecular formula is C11H14F2N2. The lowest BCUT2D eigenvalue weighted by atomic mass is 10.0. The summed E-state index contributed by atoms with van der Waals surface area (Å²) in [7, 11) is 0. The number of nitrogens with two attached hydrogens (primary N) is 1. The molecule has 1 saturated heterocycles. The number of halogens is 2. The van der Waals surface area contributed by atoms with Crippen LogP contribution in [0, 0.1) is 11.6 Å². The molecule has 2 nitrogen and oxygen atoms in total. The van der Waals surface area contributed by atoms with E-state index in [1.165, 1.54) is 12.1 Å². The summed E-state index contributed by atoms with van der Waals surface area (Å²) in [6, 6.07) is 3.88. The summed E-state index contributed by atoms with van der Waals surface area (Å²) in [5, 5.41) is 0. The molecule has 1 aliphatic heterocycles. The van der Waals surface area contributed by atoms with E-state index in [1.54, 1.807) is 0 Å². The molecule has 2 N–H and O–H groups in total. The topological polar surface area (TPSA) is 29.3 Å². The van der Waals surface area contributed by atoms with Crippen molar-refractivity contribution in [2.75, 3.05) is 13.1 Å². The van der Waals surface area contributed by atoms with E-state index in [1.807, 2.05) is 0 Å². The molecule has 1 aromatic rings. The van der Waals surface area contributed by atoms with Gasteiger partial charge in [0.25, 0.3) is 0 Å². The van der Waals surface area contributed by atoms with E-state index < -0.39 is 5.82 Å². The van der Waals surface area contributed by atoms with Gasteiger partial charge >= 0.3 is 0 Å². The smallest absolute Gasteiger partial charge is 0.127 e. The van der Waals surface area contributed by atoms with Crippen LogP contribution in [-0.2, 0) is 6.54 Å². The van der Waals surface area contributed by atoms with Gasteiger partial charge in [-0.15, -0.1) is 0 Å². The molecule has 0 aromatic heterocycles. The molecular weight excluding hydrogens is 198 g/mol. The average Bonchev–Trinajstić information content (AvgIpc) is 2.18. The number of likely N-dealkylation sites (tertiary alicyclic amines) is 1. The SMILES string of the molecule is NCC1CCN1Cc1cc(F)ccc1F. The Kier molecular flexibility index (Phi) is 2.98. The zero-order valence-electron chi connectivity index (χ0n) is 8.42. The zero-order valence-corrected chi connectivity index (χ0v) is 8.42. The Morgan fingerprint density at radius 3 is 2.80 bits per heavy atom. The molecule has 0 amide bonds. The summed E-state index contributed by atoms with van der Waals surface area (Å²) in [5.74, 6) is -0.740. The molecule has 0 aliphatic carbocycles. The number of rotatable bonds is 3. The van der Waals surface area contributed by atoms with Gasteiger partial charge in [0, 0.05) is 31.2 Å². The van der Waals surface area contributed by atoms with Crippen LogP contribution < -0.4 is 5.73 Å². The first-order chi connectivity index (χ1) is 7.20. The molecule has 0 radical (unpaired) electrons. The fraction of sp³-hybridized carbons (Fsp3) is 0.455. The number of hydrogen-bond donors (Lipinski definition) is 1. The van der Waals surface area contributed by atoms with Gasteiger partial charge in [0.2, 0.25) is 0 Å². The Hall–Kier alpha value is -1.00.